The zero-order valence-corrected chi connectivity index (χ0v) is 43.6. The molecule has 0 aliphatic heterocycles. The van der Waals surface area contributed by atoms with E-state index in [1.807, 2.05) is 0 Å². The monoisotopic (exact) mass is 1010 g/mol. The maximum atomic E-state index is 2.48. The molecule has 0 radical (unpaired) electrons. The SMILES string of the molecule is c1ccc(-c2c3ccc(N(c4ccccc4)c4ccc5c6cccc7cccc(c8cccc4c85)c76)cc3c(-c3ccccc3)c3ccc(N(c4ccccc4)c4ccc5c6cccc7cccc(c8cccc4c85)c76)cc23)cc1. The molecule has 0 atom stereocenters. The highest BCUT2D eigenvalue weighted by Crippen LogP contribution is 2.52. The van der Waals surface area contributed by atoms with Gasteiger partial charge in [0.15, 0.2) is 0 Å². The highest BCUT2D eigenvalue weighted by molar-refractivity contribution is 6.36. The maximum absolute atomic E-state index is 2.48. The van der Waals surface area contributed by atoms with E-state index in [1.165, 1.54) is 130 Å². The first-order valence-electron chi connectivity index (χ1n) is 27.7. The molecule has 2 nitrogen and oxygen atoms in total. The first-order valence-corrected chi connectivity index (χ1v) is 27.7. The lowest BCUT2D eigenvalue weighted by Gasteiger charge is -2.29. The summed E-state index contributed by atoms with van der Waals surface area (Å²) >= 11 is 0. The van der Waals surface area contributed by atoms with Gasteiger partial charge in [0.1, 0.15) is 0 Å². The molecule has 0 fully saturated rings. The summed E-state index contributed by atoms with van der Waals surface area (Å²) in [4.78, 5) is 4.95. The first kappa shape index (κ1) is 44.6. The van der Waals surface area contributed by atoms with Crippen LogP contribution in [0.3, 0.4) is 0 Å². The second kappa shape index (κ2) is 17.5. The number of para-hydroxylation sites is 2. The molecule has 0 saturated carbocycles. The molecule has 17 aromatic rings. The van der Waals surface area contributed by atoms with Crippen LogP contribution in [0.1, 0.15) is 0 Å². The van der Waals surface area contributed by atoms with E-state index < -0.39 is 0 Å². The van der Waals surface area contributed by atoms with Crippen molar-refractivity contribution in [3.63, 3.8) is 0 Å². The Labute approximate surface area is 462 Å². The van der Waals surface area contributed by atoms with Crippen molar-refractivity contribution in [3.05, 3.63) is 291 Å². The summed E-state index contributed by atoms with van der Waals surface area (Å²) < 4.78 is 0. The zero-order chi connectivity index (χ0) is 52.4. The van der Waals surface area contributed by atoms with Gasteiger partial charge in [-0.3, -0.25) is 0 Å². The van der Waals surface area contributed by atoms with Gasteiger partial charge in [0, 0.05) is 33.5 Å². The molecule has 0 spiro atoms. The third kappa shape index (κ3) is 6.54. The molecule has 0 bridgehead atoms. The molecule has 0 saturated heterocycles. The van der Waals surface area contributed by atoms with Crippen molar-refractivity contribution in [2.24, 2.45) is 0 Å². The van der Waals surface area contributed by atoms with Gasteiger partial charge in [-0.1, -0.05) is 231 Å². The molecule has 0 aromatic heterocycles. The Bertz CT molecular complexity index is 4850. The van der Waals surface area contributed by atoms with Gasteiger partial charge in [0.05, 0.1) is 11.4 Å². The van der Waals surface area contributed by atoms with Crippen molar-refractivity contribution in [2.45, 2.75) is 0 Å². The van der Waals surface area contributed by atoms with Crippen LogP contribution in [0.15, 0.2) is 291 Å². The lowest BCUT2D eigenvalue weighted by atomic mass is 9.85. The van der Waals surface area contributed by atoms with E-state index in [2.05, 4.69) is 301 Å². The Balaban J connectivity index is 0.933. The van der Waals surface area contributed by atoms with Crippen LogP contribution in [-0.4, -0.2) is 0 Å². The molecule has 0 amide bonds. The van der Waals surface area contributed by atoms with Crippen molar-refractivity contribution < 1.29 is 0 Å². The van der Waals surface area contributed by atoms with Crippen LogP contribution in [0, 0.1) is 0 Å². The predicted octanol–water partition coefficient (Wildman–Crippen LogP) is 22.4. The quantitative estimate of drug-likeness (QED) is 0.111. The fourth-order valence-corrected chi connectivity index (χ4v) is 14.0. The van der Waals surface area contributed by atoms with Gasteiger partial charge >= 0.3 is 0 Å². The average Bonchev–Trinajstić information content (AvgIpc) is 3.65. The Morgan fingerprint density at radius 1 is 0.175 bits per heavy atom. The smallest absolute Gasteiger partial charge is 0.0540 e. The highest BCUT2D eigenvalue weighted by atomic mass is 15.1. The number of benzene rings is 17. The molecular formula is C78H48N2. The topological polar surface area (TPSA) is 6.48 Å². The Hall–Kier alpha value is -10.5. The number of hydrogen-bond donors (Lipinski definition) is 0. The van der Waals surface area contributed by atoms with Crippen molar-refractivity contribution >= 4 is 142 Å². The Morgan fingerprint density at radius 3 is 0.850 bits per heavy atom. The summed E-state index contributed by atoms with van der Waals surface area (Å²) in [5.41, 5.74) is 11.4. The number of anilines is 6. The van der Waals surface area contributed by atoms with E-state index in [-0.39, 0.29) is 0 Å². The number of nitrogens with zero attached hydrogens (tertiary/aromatic N) is 2. The number of hydrogen-bond acceptors (Lipinski definition) is 2. The highest BCUT2D eigenvalue weighted by Gasteiger charge is 2.25. The summed E-state index contributed by atoms with van der Waals surface area (Å²) in [6.45, 7) is 0. The molecule has 0 heterocycles. The van der Waals surface area contributed by atoms with E-state index >= 15 is 0 Å². The van der Waals surface area contributed by atoms with Gasteiger partial charge in [-0.15, -0.1) is 0 Å². The lowest BCUT2D eigenvalue weighted by Crippen LogP contribution is -2.11. The third-order valence-electron chi connectivity index (χ3n) is 17.2. The zero-order valence-electron chi connectivity index (χ0n) is 43.6. The largest absolute Gasteiger partial charge is 0.310 e. The van der Waals surface area contributed by atoms with Crippen LogP contribution in [0.2, 0.25) is 0 Å². The second-order valence-electron chi connectivity index (χ2n) is 21.4. The first-order chi connectivity index (χ1) is 39.7. The summed E-state index contributed by atoms with van der Waals surface area (Å²) in [6, 6.07) is 108. The maximum Gasteiger partial charge on any atom is 0.0540 e. The molecule has 80 heavy (non-hydrogen) atoms. The van der Waals surface area contributed by atoms with E-state index in [0.717, 1.165) is 34.1 Å². The molecule has 2 heteroatoms. The fraction of sp³-hybridized carbons (Fsp3) is 0. The van der Waals surface area contributed by atoms with Crippen LogP contribution in [-0.2, 0) is 0 Å². The van der Waals surface area contributed by atoms with Crippen molar-refractivity contribution in [1.29, 1.82) is 0 Å². The van der Waals surface area contributed by atoms with E-state index in [4.69, 9.17) is 0 Å². The molecule has 370 valence electrons. The second-order valence-corrected chi connectivity index (χ2v) is 21.4. The summed E-state index contributed by atoms with van der Waals surface area (Å²) in [5, 5.41) is 25.2. The third-order valence-corrected chi connectivity index (χ3v) is 17.2. The molecule has 0 unspecified atom stereocenters. The standard InChI is InChI=1S/C78H48N2/c1-5-19-49(20-6-1)75-65-41-39-56(80(54-29-11-4-12-30-54)72-46-44-64-60-34-16-26-52-24-14-32-58(74(52)60)62-36-18-38-68(72)78(62)64)48-70(65)76(50-21-7-2-8-22-50)66-42-40-55(47-69(66)75)79(53-27-9-3-10-28-53)71-45-43-63-59-33-15-25-51-23-13-31-57(73(51)59)61-35-17-37-67(71)77(61)63/h1-48H. The average molecular weight is 1010 g/mol. The normalized spacial score (nSPS) is 12.0. The van der Waals surface area contributed by atoms with Gasteiger partial charge in [-0.25, -0.2) is 0 Å². The van der Waals surface area contributed by atoms with Crippen LogP contribution in [0.4, 0.5) is 34.1 Å². The molecule has 0 N–H and O–H groups in total. The Kier molecular flexibility index (Phi) is 9.75. The van der Waals surface area contributed by atoms with Crippen molar-refractivity contribution in [3.8, 4) is 22.3 Å². The van der Waals surface area contributed by atoms with Gasteiger partial charge in [-0.2, -0.15) is 0 Å². The van der Waals surface area contributed by atoms with Gasteiger partial charge in [-0.05, 0) is 180 Å². The molecule has 17 rings (SSSR count). The molecule has 17 aromatic carbocycles. The lowest BCUT2D eigenvalue weighted by molar-refractivity contribution is 1.30. The minimum Gasteiger partial charge on any atom is -0.310 e. The van der Waals surface area contributed by atoms with Crippen LogP contribution in [0.25, 0.3) is 130 Å². The van der Waals surface area contributed by atoms with E-state index in [0.29, 0.717) is 0 Å². The van der Waals surface area contributed by atoms with E-state index in [9.17, 15) is 0 Å². The van der Waals surface area contributed by atoms with Crippen LogP contribution >= 0.6 is 0 Å². The molecule has 0 aliphatic rings. The van der Waals surface area contributed by atoms with Crippen molar-refractivity contribution in [2.75, 3.05) is 9.80 Å². The molecular weight excluding hydrogens is 965 g/mol. The van der Waals surface area contributed by atoms with Crippen LogP contribution in [0.5, 0.6) is 0 Å². The fourth-order valence-electron chi connectivity index (χ4n) is 14.0. The minimum atomic E-state index is 1.09. The van der Waals surface area contributed by atoms with Gasteiger partial charge in [0.25, 0.3) is 0 Å². The number of rotatable bonds is 8. The minimum absolute atomic E-state index is 1.09. The number of fused-ring (bicyclic) bond motifs is 6. The summed E-state index contributed by atoms with van der Waals surface area (Å²) in [6.07, 6.45) is 0. The summed E-state index contributed by atoms with van der Waals surface area (Å²) in [7, 11) is 0. The van der Waals surface area contributed by atoms with Crippen molar-refractivity contribution in [1.82, 2.24) is 0 Å². The van der Waals surface area contributed by atoms with E-state index in [1.54, 1.807) is 0 Å². The van der Waals surface area contributed by atoms with Gasteiger partial charge in [0.2, 0.25) is 0 Å². The van der Waals surface area contributed by atoms with Crippen LogP contribution < -0.4 is 9.80 Å². The summed E-state index contributed by atoms with van der Waals surface area (Å²) in [5.74, 6) is 0. The Morgan fingerprint density at radius 2 is 0.475 bits per heavy atom. The predicted molar refractivity (Wildman–Crippen MR) is 344 cm³/mol. The van der Waals surface area contributed by atoms with Gasteiger partial charge < -0.3 is 9.80 Å². The molecule has 0 aliphatic carbocycles.